The van der Waals surface area contributed by atoms with E-state index < -0.39 is 6.10 Å². The number of aliphatic hydroxyl groups excluding tert-OH is 1. The maximum absolute atomic E-state index is 11.9. The second kappa shape index (κ2) is 12.9. The Hall–Kier alpha value is -2.32. The minimum atomic E-state index is -0.467. The predicted octanol–water partition coefficient (Wildman–Crippen LogP) is 4.00. The molecule has 1 amide bonds. The van der Waals surface area contributed by atoms with Crippen molar-refractivity contribution in [3.8, 4) is 11.8 Å². The van der Waals surface area contributed by atoms with E-state index in [9.17, 15) is 14.7 Å². The van der Waals surface area contributed by atoms with Gasteiger partial charge in [0.2, 0.25) is 5.91 Å². The number of ether oxygens (including phenoxy) is 1. The van der Waals surface area contributed by atoms with Crippen LogP contribution < -0.4 is 4.90 Å². The lowest BCUT2D eigenvalue weighted by molar-refractivity contribution is -0.140. The zero-order valence-corrected chi connectivity index (χ0v) is 16.7. The van der Waals surface area contributed by atoms with Gasteiger partial charge in [-0.1, -0.05) is 44.2 Å². The first-order chi connectivity index (χ1) is 13.0. The van der Waals surface area contributed by atoms with E-state index in [2.05, 4.69) is 23.5 Å². The molecule has 5 heteroatoms. The fourth-order valence-electron chi connectivity index (χ4n) is 2.66. The summed E-state index contributed by atoms with van der Waals surface area (Å²) in [5.41, 5.74) is 1.63. The Morgan fingerprint density at radius 1 is 1.15 bits per heavy atom. The maximum atomic E-state index is 11.9. The van der Waals surface area contributed by atoms with Crippen LogP contribution in [0.15, 0.2) is 24.3 Å². The second-order valence-corrected chi connectivity index (χ2v) is 6.49. The molecule has 0 aromatic heterocycles. The molecule has 1 N–H and O–H groups in total. The number of hydrogen-bond donors (Lipinski definition) is 1. The number of benzene rings is 1. The first kappa shape index (κ1) is 22.7. The lowest BCUT2D eigenvalue weighted by Crippen LogP contribution is -2.28. The molecule has 0 fully saturated rings. The molecule has 0 bridgehead atoms. The number of methoxy groups -OCH3 is 1. The molecule has 1 unspecified atom stereocenters. The number of anilines is 1. The largest absolute Gasteiger partial charge is 0.469 e. The van der Waals surface area contributed by atoms with Gasteiger partial charge in [-0.25, -0.2) is 0 Å². The van der Waals surface area contributed by atoms with Crippen LogP contribution in [0.5, 0.6) is 0 Å². The summed E-state index contributed by atoms with van der Waals surface area (Å²) in [6.45, 7) is 3.94. The zero-order chi connectivity index (χ0) is 20.1. The summed E-state index contributed by atoms with van der Waals surface area (Å²) in [5.74, 6) is 5.64. The number of rotatable bonds is 10. The molecule has 1 rings (SSSR count). The summed E-state index contributed by atoms with van der Waals surface area (Å²) >= 11 is 0. The Balaban J connectivity index is 2.60. The molecule has 0 radical (unpaired) electrons. The fraction of sp³-hybridized carbons (Fsp3) is 0.545. The van der Waals surface area contributed by atoms with Crippen LogP contribution in [0, 0.1) is 11.8 Å². The van der Waals surface area contributed by atoms with Crippen LogP contribution in [0.3, 0.4) is 0 Å². The minimum Gasteiger partial charge on any atom is -0.469 e. The summed E-state index contributed by atoms with van der Waals surface area (Å²) in [4.78, 5) is 24.6. The summed E-state index contributed by atoms with van der Waals surface area (Å²) in [6.07, 6.45) is 5.11. The highest BCUT2D eigenvalue weighted by atomic mass is 16.5. The van der Waals surface area contributed by atoms with Crippen LogP contribution in [-0.2, 0) is 14.3 Å². The van der Waals surface area contributed by atoms with Crippen molar-refractivity contribution in [2.75, 3.05) is 18.6 Å². The van der Waals surface area contributed by atoms with Crippen LogP contribution in [0.25, 0.3) is 0 Å². The Morgan fingerprint density at radius 2 is 1.85 bits per heavy atom. The van der Waals surface area contributed by atoms with Gasteiger partial charge >= 0.3 is 5.97 Å². The maximum Gasteiger partial charge on any atom is 0.305 e. The molecule has 0 heterocycles. The Kier molecular flexibility index (Phi) is 10.9. The number of nitrogens with zero attached hydrogens (tertiary/aromatic N) is 1. The molecule has 1 aromatic carbocycles. The highest BCUT2D eigenvalue weighted by Crippen LogP contribution is 2.23. The van der Waals surface area contributed by atoms with Crippen molar-refractivity contribution in [2.24, 2.45) is 0 Å². The number of amides is 1. The van der Waals surface area contributed by atoms with Crippen LogP contribution in [0.1, 0.15) is 70.5 Å². The zero-order valence-electron chi connectivity index (χ0n) is 16.7. The van der Waals surface area contributed by atoms with Crippen molar-refractivity contribution >= 4 is 17.6 Å². The summed E-state index contributed by atoms with van der Waals surface area (Å²) in [5, 5.41) is 10.2. The predicted molar refractivity (Wildman–Crippen MR) is 107 cm³/mol. The van der Waals surface area contributed by atoms with E-state index in [0.717, 1.165) is 36.9 Å². The molecule has 5 nitrogen and oxygen atoms in total. The molecular formula is C22H31NO4. The first-order valence-corrected chi connectivity index (χ1v) is 9.58. The van der Waals surface area contributed by atoms with Gasteiger partial charge < -0.3 is 14.7 Å². The van der Waals surface area contributed by atoms with Crippen LogP contribution >= 0.6 is 0 Å². The topological polar surface area (TPSA) is 66.8 Å². The van der Waals surface area contributed by atoms with E-state index in [0.29, 0.717) is 25.8 Å². The first-order valence-electron chi connectivity index (χ1n) is 9.58. The van der Waals surface area contributed by atoms with Gasteiger partial charge in [0.25, 0.3) is 0 Å². The number of aliphatic hydroxyl groups is 1. The third kappa shape index (κ3) is 8.74. The van der Waals surface area contributed by atoms with E-state index in [1.54, 1.807) is 4.90 Å². The van der Waals surface area contributed by atoms with E-state index in [1.807, 2.05) is 24.3 Å². The molecular weight excluding hydrogens is 342 g/mol. The van der Waals surface area contributed by atoms with Gasteiger partial charge in [0.1, 0.15) is 0 Å². The highest BCUT2D eigenvalue weighted by Gasteiger charge is 2.12. The summed E-state index contributed by atoms with van der Waals surface area (Å²) in [6, 6.07) is 7.43. The number of esters is 1. The fourth-order valence-corrected chi connectivity index (χ4v) is 2.66. The Bertz CT molecular complexity index is 643. The Morgan fingerprint density at radius 3 is 2.44 bits per heavy atom. The quantitative estimate of drug-likeness (QED) is 0.382. The number of carbonyl (C=O) groups excluding carboxylic acids is 2. The van der Waals surface area contributed by atoms with Crippen molar-refractivity contribution in [2.45, 2.75) is 64.9 Å². The van der Waals surface area contributed by atoms with E-state index >= 15 is 0 Å². The molecule has 0 aliphatic rings. The van der Waals surface area contributed by atoms with E-state index in [4.69, 9.17) is 0 Å². The molecule has 27 heavy (non-hydrogen) atoms. The molecule has 1 aromatic rings. The Labute approximate surface area is 162 Å². The van der Waals surface area contributed by atoms with Gasteiger partial charge in [0, 0.05) is 25.5 Å². The third-order valence-corrected chi connectivity index (χ3v) is 4.32. The van der Waals surface area contributed by atoms with Crippen molar-refractivity contribution < 1.29 is 19.4 Å². The molecule has 0 aliphatic heterocycles. The summed E-state index contributed by atoms with van der Waals surface area (Å²) in [7, 11) is 1.37. The van der Waals surface area contributed by atoms with Crippen LogP contribution in [0.2, 0.25) is 0 Å². The van der Waals surface area contributed by atoms with E-state index in [1.165, 1.54) is 14.0 Å². The van der Waals surface area contributed by atoms with Gasteiger partial charge in [-0.05, 0) is 30.5 Å². The lowest BCUT2D eigenvalue weighted by atomic mass is 10.0. The molecule has 1 atom stereocenters. The molecule has 0 aliphatic carbocycles. The standard InChI is InChI=1S/C22H31NO4/c1-4-5-8-11-21(25)19-13-15-20(16-14-19)23(18(2)24)17-10-7-6-9-12-22(26)27-3/h13-16,21,25H,4-6,8-9,11-12,17H2,1-3H3. The normalized spacial score (nSPS) is 11.3. The van der Waals surface area contributed by atoms with Crippen molar-refractivity contribution in [1.29, 1.82) is 0 Å². The summed E-state index contributed by atoms with van der Waals surface area (Å²) < 4.78 is 4.58. The van der Waals surface area contributed by atoms with Crippen LogP contribution in [-0.4, -0.2) is 30.6 Å². The number of carbonyl (C=O) groups is 2. The van der Waals surface area contributed by atoms with Gasteiger partial charge in [-0.2, -0.15) is 0 Å². The molecule has 0 saturated heterocycles. The molecule has 0 spiro atoms. The van der Waals surface area contributed by atoms with Crippen molar-refractivity contribution in [3.05, 3.63) is 29.8 Å². The smallest absolute Gasteiger partial charge is 0.305 e. The third-order valence-electron chi connectivity index (χ3n) is 4.32. The molecule has 0 saturated carbocycles. The van der Waals surface area contributed by atoms with Crippen molar-refractivity contribution in [1.82, 2.24) is 0 Å². The van der Waals surface area contributed by atoms with Gasteiger partial charge in [0.15, 0.2) is 0 Å². The van der Waals surface area contributed by atoms with Gasteiger partial charge in [-0.15, -0.1) is 5.92 Å². The second-order valence-electron chi connectivity index (χ2n) is 6.49. The average Bonchev–Trinajstić information content (AvgIpc) is 2.67. The molecule has 148 valence electrons. The van der Waals surface area contributed by atoms with Crippen molar-refractivity contribution in [3.63, 3.8) is 0 Å². The SMILES string of the molecule is CCCCCC(O)c1ccc(N(CC#CCCCC(=O)OC)C(C)=O)cc1. The number of hydrogen-bond acceptors (Lipinski definition) is 4. The average molecular weight is 373 g/mol. The van der Waals surface area contributed by atoms with E-state index in [-0.39, 0.29) is 11.9 Å². The van der Waals surface area contributed by atoms with Gasteiger partial charge in [0.05, 0.1) is 19.8 Å². The monoisotopic (exact) mass is 373 g/mol. The number of unbranched alkanes of at least 4 members (excludes halogenated alkanes) is 3. The minimum absolute atomic E-state index is 0.0879. The highest BCUT2D eigenvalue weighted by molar-refractivity contribution is 5.91. The van der Waals surface area contributed by atoms with Gasteiger partial charge in [-0.3, -0.25) is 9.59 Å². The lowest BCUT2D eigenvalue weighted by Gasteiger charge is -2.19. The van der Waals surface area contributed by atoms with Crippen LogP contribution in [0.4, 0.5) is 5.69 Å².